The van der Waals surface area contributed by atoms with E-state index in [1.807, 2.05) is 19.1 Å². The molecule has 2 unspecified atom stereocenters. The standard InChI is InChI=1S/C26H38N4O7/c1-16-9-11-17(12-10-16)22(23(33)28-15-21(32)36-5)30(18-7-6-8-18)24(34)19(13-14-20(27)31)29-25(35)37-26(2,3)4/h9-12,18-19,22H,6-8,13-15H2,1-5H3,(H2,27,31)(H,28,33)(H,29,35). The van der Waals surface area contributed by atoms with Crippen molar-refractivity contribution in [1.29, 1.82) is 0 Å². The monoisotopic (exact) mass is 518 g/mol. The number of primary amides is 1. The van der Waals surface area contributed by atoms with Gasteiger partial charge in [0.1, 0.15) is 24.2 Å². The van der Waals surface area contributed by atoms with Gasteiger partial charge in [-0.05, 0) is 58.9 Å². The van der Waals surface area contributed by atoms with Crippen LogP contribution in [-0.4, -0.2) is 66.0 Å². The summed E-state index contributed by atoms with van der Waals surface area (Å²) in [7, 11) is 1.21. The van der Waals surface area contributed by atoms with E-state index >= 15 is 0 Å². The third-order valence-electron chi connectivity index (χ3n) is 5.95. The van der Waals surface area contributed by atoms with Gasteiger partial charge in [-0.15, -0.1) is 0 Å². The Kier molecular flexibility index (Phi) is 10.5. The molecule has 204 valence electrons. The maximum Gasteiger partial charge on any atom is 0.408 e. The number of aryl methyl sites for hydroxylation is 1. The molecule has 0 saturated heterocycles. The van der Waals surface area contributed by atoms with Gasteiger partial charge in [-0.3, -0.25) is 19.2 Å². The molecule has 0 aliphatic heterocycles. The van der Waals surface area contributed by atoms with E-state index in [-0.39, 0.29) is 25.4 Å². The number of methoxy groups -OCH3 is 1. The first-order chi connectivity index (χ1) is 17.3. The number of benzene rings is 1. The Bertz CT molecular complexity index is 984. The van der Waals surface area contributed by atoms with Crippen molar-refractivity contribution in [3.05, 3.63) is 35.4 Å². The molecule has 0 bridgehead atoms. The van der Waals surface area contributed by atoms with Crippen molar-refractivity contribution in [3.63, 3.8) is 0 Å². The van der Waals surface area contributed by atoms with Crippen LogP contribution in [0.1, 0.15) is 70.0 Å². The van der Waals surface area contributed by atoms with E-state index in [2.05, 4.69) is 15.4 Å². The summed E-state index contributed by atoms with van der Waals surface area (Å²) in [6.07, 6.45) is 1.13. The molecule has 4 N–H and O–H groups in total. The molecule has 1 aliphatic rings. The Morgan fingerprint density at radius 1 is 1.11 bits per heavy atom. The average Bonchev–Trinajstić information content (AvgIpc) is 2.77. The highest BCUT2D eigenvalue weighted by molar-refractivity contribution is 5.93. The van der Waals surface area contributed by atoms with Crippen LogP contribution in [0.3, 0.4) is 0 Å². The maximum atomic E-state index is 14.0. The van der Waals surface area contributed by atoms with Crippen molar-refractivity contribution in [2.75, 3.05) is 13.7 Å². The van der Waals surface area contributed by atoms with Crippen LogP contribution >= 0.6 is 0 Å². The van der Waals surface area contributed by atoms with Crippen LogP contribution in [0.4, 0.5) is 4.79 Å². The number of ether oxygens (including phenoxy) is 2. The SMILES string of the molecule is COC(=O)CNC(=O)C(c1ccc(C)cc1)N(C(=O)C(CCC(N)=O)NC(=O)OC(C)(C)C)C1CCC1. The maximum absolute atomic E-state index is 14.0. The Hall–Kier alpha value is -3.63. The van der Waals surface area contributed by atoms with Crippen LogP contribution in [0, 0.1) is 6.92 Å². The van der Waals surface area contributed by atoms with Crippen LogP contribution in [0.2, 0.25) is 0 Å². The van der Waals surface area contributed by atoms with Gasteiger partial charge in [0.25, 0.3) is 0 Å². The molecule has 1 saturated carbocycles. The topological polar surface area (TPSA) is 157 Å². The first-order valence-electron chi connectivity index (χ1n) is 12.3. The van der Waals surface area contributed by atoms with Crippen molar-refractivity contribution >= 4 is 29.8 Å². The molecule has 1 aromatic rings. The summed E-state index contributed by atoms with van der Waals surface area (Å²) in [6, 6.07) is 4.61. The van der Waals surface area contributed by atoms with Crippen LogP contribution in [0.25, 0.3) is 0 Å². The van der Waals surface area contributed by atoms with Gasteiger partial charge in [0.2, 0.25) is 17.7 Å². The molecule has 1 aliphatic carbocycles. The van der Waals surface area contributed by atoms with E-state index in [4.69, 9.17) is 10.5 Å². The minimum Gasteiger partial charge on any atom is -0.468 e. The second-order valence-corrected chi connectivity index (χ2v) is 10.1. The Morgan fingerprint density at radius 3 is 2.22 bits per heavy atom. The fourth-order valence-electron chi connectivity index (χ4n) is 3.87. The normalized spacial score (nSPS) is 14.9. The van der Waals surface area contributed by atoms with Crippen molar-refractivity contribution in [3.8, 4) is 0 Å². The second kappa shape index (κ2) is 13.1. The van der Waals surface area contributed by atoms with Crippen LogP contribution < -0.4 is 16.4 Å². The zero-order chi connectivity index (χ0) is 27.8. The summed E-state index contributed by atoms with van der Waals surface area (Å²) in [5.41, 5.74) is 6.02. The summed E-state index contributed by atoms with van der Waals surface area (Å²) in [6.45, 7) is 6.59. The summed E-state index contributed by atoms with van der Waals surface area (Å²) in [5, 5.41) is 5.11. The molecule has 2 rings (SSSR count). The molecular weight excluding hydrogens is 480 g/mol. The Balaban J connectivity index is 2.46. The van der Waals surface area contributed by atoms with Crippen molar-refractivity contribution < 1.29 is 33.4 Å². The first kappa shape index (κ1) is 29.6. The summed E-state index contributed by atoms with van der Waals surface area (Å²) >= 11 is 0. The Morgan fingerprint density at radius 2 is 1.73 bits per heavy atom. The van der Waals surface area contributed by atoms with Crippen molar-refractivity contribution in [2.24, 2.45) is 5.73 Å². The third kappa shape index (κ3) is 9.07. The van der Waals surface area contributed by atoms with Gasteiger partial charge < -0.3 is 30.7 Å². The van der Waals surface area contributed by atoms with E-state index < -0.39 is 47.5 Å². The number of rotatable bonds is 11. The van der Waals surface area contributed by atoms with E-state index in [1.165, 1.54) is 12.0 Å². The minimum atomic E-state index is -1.16. The second-order valence-electron chi connectivity index (χ2n) is 10.1. The van der Waals surface area contributed by atoms with Crippen molar-refractivity contribution in [1.82, 2.24) is 15.5 Å². The number of nitrogens with one attached hydrogen (secondary N) is 2. The number of alkyl carbamates (subject to hydrolysis) is 1. The van der Waals surface area contributed by atoms with Crippen LogP contribution in [0.15, 0.2) is 24.3 Å². The number of hydrogen-bond acceptors (Lipinski definition) is 7. The number of esters is 1. The largest absolute Gasteiger partial charge is 0.468 e. The number of hydrogen-bond donors (Lipinski definition) is 3. The summed E-state index contributed by atoms with van der Waals surface area (Å²) in [5.74, 6) is -2.38. The highest BCUT2D eigenvalue weighted by Crippen LogP contribution is 2.34. The third-order valence-corrected chi connectivity index (χ3v) is 5.95. The predicted octanol–water partition coefficient (Wildman–Crippen LogP) is 1.87. The van der Waals surface area contributed by atoms with Gasteiger partial charge in [-0.25, -0.2) is 4.79 Å². The lowest BCUT2D eigenvalue weighted by Crippen LogP contribution is -2.57. The number of nitrogens with zero attached hydrogens (tertiary/aromatic N) is 1. The number of carbonyl (C=O) groups excluding carboxylic acids is 5. The van der Waals surface area contributed by atoms with E-state index in [0.717, 1.165) is 12.0 Å². The van der Waals surface area contributed by atoms with Gasteiger partial charge >= 0.3 is 12.1 Å². The van der Waals surface area contributed by atoms with Gasteiger partial charge in [-0.1, -0.05) is 29.8 Å². The zero-order valence-electron chi connectivity index (χ0n) is 22.2. The van der Waals surface area contributed by atoms with Gasteiger partial charge in [0.15, 0.2) is 0 Å². The van der Waals surface area contributed by atoms with E-state index in [9.17, 15) is 24.0 Å². The highest BCUT2D eigenvalue weighted by Gasteiger charge is 2.42. The molecule has 0 spiro atoms. The first-order valence-corrected chi connectivity index (χ1v) is 12.3. The molecule has 2 atom stereocenters. The minimum absolute atomic E-state index is 0.0684. The van der Waals surface area contributed by atoms with E-state index in [0.29, 0.717) is 18.4 Å². The summed E-state index contributed by atoms with van der Waals surface area (Å²) in [4.78, 5) is 64.7. The number of amides is 4. The fourth-order valence-corrected chi connectivity index (χ4v) is 3.87. The molecule has 0 radical (unpaired) electrons. The Labute approximate surface area is 217 Å². The number of carbonyl (C=O) groups is 5. The molecular formula is C26H38N4O7. The number of nitrogens with two attached hydrogens (primary N) is 1. The lowest BCUT2D eigenvalue weighted by molar-refractivity contribution is -0.148. The fraction of sp³-hybridized carbons (Fsp3) is 0.577. The highest BCUT2D eigenvalue weighted by atomic mass is 16.6. The smallest absolute Gasteiger partial charge is 0.408 e. The molecule has 11 heteroatoms. The molecule has 0 heterocycles. The van der Waals surface area contributed by atoms with E-state index in [1.54, 1.807) is 32.9 Å². The van der Waals surface area contributed by atoms with Gasteiger partial charge in [0.05, 0.1) is 7.11 Å². The van der Waals surface area contributed by atoms with Crippen LogP contribution in [0.5, 0.6) is 0 Å². The predicted molar refractivity (Wildman–Crippen MR) is 135 cm³/mol. The van der Waals surface area contributed by atoms with Gasteiger partial charge in [-0.2, -0.15) is 0 Å². The quantitative estimate of drug-likeness (QED) is 0.377. The average molecular weight is 519 g/mol. The molecule has 37 heavy (non-hydrogen) atoms. The lowest BCUT2D eigenvalue weighted by Gasteiger charge is -2.43. The zero-order valence-corrected chi connectivity index (χ0v) is 22.2. The van der Waals surface area contributed by atoms with Crippen molar-refractivity contribution in [2.45, 2.75) is 83.5 Å². The summed E-state index contributed by atoms with van der Waals surface area (Å²) < 4.78 is 9.95. The lowest BCUT2D eigenvalue weighted by atomic mass is 9.87. The molecule has 4 amide bonds. The molecule has 1 fully saturated rings. The van der Waals surface area contributed by atoms with Crippen LogP contribution in [-0.2, 0) is 28.7 Å². The van der Waals surface area contributed by atoms with Gasteiger partial charge in [0, 0.05) is 12.5 Å². The molecule has 0 aromatic heterocycles. The molecule has 11 nitrogen and oxygen atoms in total. The molecule has 1 aromatic carbocycles.